The van der Waals surface area contributed by atoms with Crippen molar-refractivity contribution in [3.63, 3.8) is 0 Å². The molecule has 2 aromatic rings. The molecule has 0 bridgehead atoms. The second-order valence-electron chi connectivity index (χ2n) is 4.72. The van der Waals surface area contributed by atoms with Gasteiger partial charge in [-0.15, -0.1) is 0 Å². The summed E-state index contributed by atoms with van der Waals surface area (Å²) in [5, 5.41) is 15.1. The minimum Gasteiger partial charge on any atom is -0.377 e. The van der Waals surface area contributed by atoms with Crippen LogP contribution in [-0.4, -0.2) is 34.9 Å². The molecule has 0 unspecified atom stereocenters. The van der Waals surface area contributed by atoms with E-state index in [4.69, 9.17) is 5.73 Å². The summed E-state index contributed by atoms with van der Waals surface area (Å²) in [5.74, 6) is 0.264. The number of anilines is 2. The van der Waals surface area contributed by atoms with E-state index >= 15 is 0 Å². The molecule has 0 saturated heterocycles. The maximum atomic E-state index is 10.9. The topological polar surface area (TPSA) is 103 Å². The Morgan fingerprint density at radius 2 is 2.19 bits per heavy atom. The Labute approximate surface area is 121 Å². The number of imidazole rings is 1. The zero-order valence-corrected chi connectivity index (χ0v) is 12.0. The fraction of sp³-hybridized carbons (Fsp3) is 0.231. The summed E-state index contributed by atoms with van der Waals surface area (Å²) in [7, 11) is 3.71. The van der Waals surface area contributed by atoms with E-state index in [1.165, 1.54) is 23.0 Å². The lowest BCUT2D eigenvalue weighted by atomic mass is 10.1. The van der Waals surface area contributed by atoms with Gasteiger partial charge in [-0.25, -0.2) is 9.66 Å². The van der Waals surface area contributed by atoms with Gasteiger partial charge in [0.2, 0.25) is 5.95 Å². The van der Waals surface area contributed by atoms with Crippen LogP contribution in [0.25, 0.3) is 0 Å². The molecule has 21 heavy (non-hydrogen) atoms. The van der Waals surface area contributed by atoms with E-state index < -0.39 is 4.92 Å². The highest BCUT2D eigenvalue weighted by Gasteiger charge is 2.11. The van der Waals surface area contributed by atoms with Crippen LogP contribution in [0, 0.1) is 17.0 Å². The summed E-state index contributed by atoms with van der Waals surface area (Å²) >= 11 is 0. The molecule has 0 radical (unpaired) electrons. The van der Waals surface area contributed by atoms with Gasteiger partial charge in [-0.3, -0.25) is 10.1 Å². The second kappa shape index (κ2) is 5.61. The van der Waals surface area contributed by atoms with Crippen LogP contribution in [0.3, 0.4) is 0 Å². The number of hydrogen-bond donors (Lipinski definition) is 1. The van der Waals surface area contributed by atoms with Gasteiger partial charge in [0.1, 0.15) is 0 Å². The van der Waals surface area contributed by atoms with E-state index in [1.54, 1.807) is 19.2 Å². The van der Waals surface area contributed by atoms with Crippen molar-refractivity contribution in [1.29, 1.82) is 0 Å². The van der Waals surface area contributed by atoms with E-state index in [2.05, 4.69) is 10.1 Å². The lowest BCUT2D eigenvalue weighted by Crippen LogP contribution is -2.11. The molecule has 0 fully saturated rings. The van der Waals surface area contributed by atoms with E-state index in [-0.39, 0.29) is 11.6 Å². The van der Waals surface area contributed by atoms with Crippen molar-refractivity contribution < 1.29 is 4.92 Å². The first kappa shape index (κ1) is 14.5. The first-order valence-electron chi connectivity index (χ1n) is 6.20. The fourth-order valence-electron chi connectivity index (χ4n) is 1.89. The largest absolute Gasteiger partial charge is 0.377 e. The molecule has 0 spiro atoms. The molecule has 0 aliphatic heterocycles. The molecule has 0 atom stereocenters. The number of rotatable bonds is 4. The number of aromatic nitrogens is 2. The molecule has 8 nitrogen and oxygen atoms in total. The number of nitro benzene ring substituents is 1. The summed E-state index contributed by atoms with van der Waals surface area (Å²) in [5.41, 5.74) is 7.90. The van der Waals surface area contributed by atoms with Gasteiger partial charge < -0.3 is 10.6 Å². The quantitative estimate of drug-likeness (QED) is 0.523. The van der Waals surface area contributed by atoms with Crippen LogP contribution in [0.4, 0.5) is 17.3 Å². The molecule has 110 valence electrons. The van der Waals surface area contributed by atoms with Crippen LogP contribution in [0.2, 0.25) is 0 Å². The molecular weight excluding hydrogens is 272 g/mol. The van der Waals surface area contributed by atoms with Crippen molar-refractivity contribution in [3.05, 3.63) is 45.8 Å². The highest BCUT2D eigenvalue weighted by Crippen LogP contribution is 2.22. The van der Waals surface area contributed by atoms with Crippen LogP contribution in [0.5, 0.6) is 0 Å². The third kappa shape index (κ3) is 3.16. The number of aryl methyl sites for hydroxylation is 1. The first-order valence-corrected chi connectivity index (χ1v) is 6.20. The number of non-ortho nitro benzene ring substituents is 1. The highest BCUT2D eigenvalue weighted by molar-refractivity contribution is 5.89. The number of hydrogen-bond acceptors (Lipinski definition) is 6. The van der Waals surface area contributed by atoms with Gasteiger partial charge in [0.25, 0.3) is 5.69 Å². The molecule has 0 aliphatic carbocycles. The van der Waals surface area contributed by atoms with Gasteiger partial charge in [0.15, 0.2) is 0 Å². The lowest BCUT2D eigenvalue weighted by molar-refractivity contribution is -0.384. The summed E-state index contributed by atoms with van der Waals surface area (Å²) in [6.45, 7) is 1.81. The third-order valence-corrected chi connectivity index (χ3v) is 2.86. The number of nitrogens with two attached hydrogens (primary N) is 1. The maximum Gasteiger partial charge on any atom is 0.270 e. The third-order valence-electron chi connectivity index (χ3n) is 2.86. The fourth-order valence-corrected chi connectivity index (χ4v) is 1.89. The van der Waals surface area contributed by atoms with E-state index in [1.807, 2.05) is 19.0 Å². The molecular formula is C13H16N6O2. The van der Waals surface area contributed by atoms with Gasteiger partial charge in [-0.05, 0) is 13.0 Å². The SMILES string of the molecule is Cc1cn(N=Cc2cc([N+](=O)[O-])ccc2N(C)C)c(N)n1. The standard InChI is InChI=1S/C13H16N6O2/c1-9-8-18(13(14)16-9)15-7-10-6-11(19(20)21)4-5-12(10)17(2)3/h4-8H,1-3H3,(H2,14,16). The Bertz CT molecular complexity index is 705. The predicted octanol–water partition coefficient (Wildman–Crippen LogP) is 1.63. The molecule has 0 aliphatic rings. The second-order valence-corrected chi connectivity index (χ2v) is 4.72. The maximum absolute atomic E-state index is 10.9. The number of benzene rings is 1. The number of nitrogen functional groups attached to an aromatic ring is 1. The normalized spacial score (nSPS) is 11.0. The molecule has 2 N–H and O–H groups in total. The van der Waals surface area contributed by atoms with Crippen molar-refractivity contribution in [2.75, 3.05) is 24.7 Å². The highest BCUT2D eigenvalue weighted by atomic mass is 16.6. The molecule has 8 heteroatoms. The minimum absolute atomic E-state index is 0.0110. The average molecular weight is 288 g/mol. The smallest absolute Gasteiger partial charge is 0.270 e. The van der Waals surface area contributed by atoms with Crippen LogP contribution >= 0.6 is 0 Å². The Morgan fingerprint density at radius 1 is 1.48 bits per heavy atom. The monoisotopic (exact) mass is 288 g/mol. The Hall–Kier alpha value is -2.90. The Morgan fingerprint density at radius 3 is 2.71 bits per heavy atom. The predicted molar refractivity (Wildman–Crippen MR) is 81.8 cm³/mol. The van der Waals surface area contributed by atoms with Crippen LogP contribution in [0.15, 0.2) is 29.5 Å². The number of nitro groups is 1. The van der Waals surface area contributed by atoms with Gasteiger partial charge in [-0.1, -0.05) is 0 Å². The Kier molecular flexibility index (Phi) is 3.88. The van der Waals surface area contributed by atoms with E-state index in [0.717, 1.165) is 11.4 Å². The van der Waals surface area contributed by atoms with Crippen molar-refractivity contribution in [3.8, 4) is 0 Å². The van der Waals surface area contributed by atoms with E-state index in [9.17, 15) is 10.1 Å². The summed E-state index contributed by atoms with van der Waals surface area (Å²) in [6, 6.07) is 4.61. The Balaban J connectivity index is 2.43. The molecule has 2 rings (SSSR count). The van der Waals surface area contributed by atoms with Crippen LogP contribution in [0.1, 0.15) is 11.3 Å². The van der Waals surface area contributed by atoms with Crippen LogP contribution in [-0.2, 0) is 0 Å². The molecule has 1 aromatic carbocycles. The minimum atomic E-state index is -0.438. The van der Waals surface area contributed by atoms with Gasteiger partial charge in [0.05, 0.1) is 23.0 Å². The van der Waals surface area contributed by atoms with Crippen molar-refractivity contribution in [2.24, 2.45) is 5.10 Å². The van der Waals surface area contributed by atoms with Gasteiger partial charge >= 0.3 is 0 Å². The lowest BCUT2D eigenvalue weighted by Gasteiger charge is -2.14. The summed E-state index contributed by atoms with van der Waals surface area (Å²) < 4.78 is 1.42. The molecule has 0 saturated carbocycles. The van der Waals surface area contributed by atoms with Crippen LogP contribution < -0.4 is 10.6 Å². The molecule has 0 amide bonds. The molecule has 1 heterocycles. The van der Waals surface area contributed by atoms with Gasteiger partial charge in [-0.2, -0.15) is 5.10 Å². The van der Waals surface area contributed by atoms with Crippen molar-refractivity contribution in [2.45, 2.75) is 6.92 Å². The average Bonchev–Trinajstić information content (AvgIpc) is 2.74. The van der Waals surface area contributed by atoms with Crippen molar-refractivity contribution >= 4 is 23.5 Å². The van der Waals surface area contributed by atoms with Crippen molar-refractivity contribution in [1.82, 2.24) is 9.66 Å². The summed E-state index contributed by atoms with van der Waals surface area (Å²) in [6.07, 6.45) is 3.21. The van der Waals surface area contributed by atoms with E-state index in [0.29, 0.717) is 5.56 Å². The zero-order chi connectivity index (χ0) is 15.6. The summed E-state index contributed by atoms with van der Waals surface area (Å²) in [4.78, 5) is 16.3. The van der Waals surface area contributed by atoms with Gasteiger partial charge in [0, 0.05) is 37.5 Å². The zero-order valence-electron chi connectivity index (χ0n) is 12.0. The molecule has 1 aromatic heterocycles. The first-order chi connectivity index (χ1) is 9.88. The number of nitrogens with zero attached hydrogens (tertiary/aromatic N) is 5.